The van der Waals surface area contributed by atoms with Crippen molar-refractivity contribution in [1.82, 2.24) is 0 Å². The zero-order valence-electron chi connectivity index (χ0n) is 7.23. The van der Waals surface area contributed by atoms with E-state index in [2.05, 4.69) is 4.74 Å². The van der Waals surface area contributed by atoms with Crippen molar-refractivity contribution in [1.29, 1.82) is 0 Å². The van der Waals surface area contributed by atoms with Gasteiger partial charge in [0.15, 0.2) is 0 Å². The van der Waals surface area contributed by atoms with Crippen molar-refractivity contribution in [2.24, 2.45) is 5.73 Å². The number of rotatable bonds is 8. The summed E-state index contributed by atoms with van der Waals surface area (Å²) in [6.45, 7) is 1.17. The zero-order chi connectivity index (χ0) is 9.94. The van der Waals surface area contributed by atoms with Gasteiger partial charge in [-0.2, -0.15) is 0 Å². The van der Waals surface area contributed by atoms with E-state index in [4.69, 9.17) is 15.2 Å². The molecule has 6 heteroatoms. The predicted molar refractivity (Wildman–Crippen MR) is 43.2 cm³/mol. The number of amides is 1. The van der Waals surface area contributed by atoms with Gasteiger partial charge in [-0.1, -0.05) is 0 Å². The maximum atomic E-state index is 10.1. The lowest BCUT2D eigenvalue weighted by molar-refractivity contribution is -0.112. The number of carbonyl (C=O) groups excluding carboxylic acids is 2. The van der Waals surface area contributed by atoms with Crippen LogP contribution in [0.3, 0.4) is 0 Å². The van der Waals surface area contributed by atoms with Gasteiger partial charge >= 0.3 is 6.09 Å². The van der Waals surface area contributed by atoms with Crippen LogP contribution in [0, 0.1) is 0 Å². The second kappa shape index (κ2) is 8.95. The second-order valence-corrected chi connectivity index (χ2v) is 2.02. The fourth-order valence-corrected chi connectivity index (χ4v) is 0.553. The Balaban J connectivity index is 2.91. The van der Waals surface area contributed by atoms with Crippen LogP contribution < -0.4 is 5.73 Å². The summed E-state index contributed by atoms with van der Waals surface area (Å²) in [4.78, 5) is 19.8. The fraction of sp³-hybridized carbons (Fsp3) is 0.714. The molecule has 1 amide bonds. The van der Waals surface area contributed by atoms with E-state index in [0.29, 0.717) is 19.5 Å². The van der Waals surface area contributed by atoms with Crippen molar-refractivity contribution in [3.63, 3.8) is 0 Å². The molecule has 76 valence electrons. The molecule has 0 aliphatic carbocycles. The molecule has 0 radical (unpaired) electrons. The van der Waals surface area contributed by atoms with Gasteiger partial charge in [-0.3, -0.25) is 0 Å². The molecule has 0 bridgehead atoms. The summed E-state index contributed by atoms with van der Waals surface area (Å²) < 4.78 is 14.1. The molecule has 0 heterocycles. The lowest BCUT2D eigenvalue weighted by atomic mass is 10.7. The smallest absolute Gasteiger partial charge is 0.404 e. The molecule has 0 atom stereocenters. The lowest BCUT2D eigenvalue weighted by Gasteiger charge is -2.03. The molecule has 0 aromatic heterocycles. The first-order valence-corrected chi connectivity index (χ1v) is 3.78. The van der Waals surface area contributed by atoms with Gasteiger partial charge in [-0.15, -0.1) is 0 Å². The number of primary amides is 1. The third-order valence-corrected chi connectivity index (χ3v) is 1.03. The van der Waals surface area contributed by atoms with Gasteiger partial charge < -0.3 is 24.7 Å². The van der Waals surface area contributed by atoms with Crippen molar-refractivity contribution in [3.05, 3.63) is 0 Å². The maximum Gasteiger partial charge on any atom is 0.404 e. The Hall–Kier alpha value is -1.14. The lowest BCUT2D eigenvalue weighted by Crippen LogP contribution is -2.17. The minimum atomic E-state index is -0.819. The van der Waals surface area contributed by atoms with E-state index >= 15 is 0 Å². The van der Waals surface area contributed by atoms with Crippen LogP contribution >= 0.6 is 0 Å². The monoisotopic (exact) mass is 191 g/mol. The number of nitrogens with two attached hydrogens (primary N) is 1. The summed E-state index contributed by atoms with van der Waals surface area (Å²) in [6, 6.07) is 0. The molecule has 0 saturated heterocycles. The first-order valence-electron chi connectivity index (χ1n) is 3.78. The Morgan fingerprint density at radius 3 is 2.38 bits per heavy atom. The van der Waals surface area contributed by atoms with Gasteiger partial charge in [0.05, 0.1) is 19.8 Å². The summed E-state index contributed by atoms with van der Waals surface area (Å²) in [5, 5.41) is 0. The minimum absolute atomic E-state index is 0.0706. The minimum Gasteiger partial charge on any atom is -0.447 e. The Bertz CT molecular complexity index is 150. The number of carbonyl (C=O) groups is 2. The molecule has 0 aliphatic rings. The van der Waals surface area contributed by atoms with Gasteiger partial charge in [-0.05, 0) is 0 Å². The zero-order valence-corrected chi connectivity index (χ0v) is 7.23. The van der Waals surface area contributed by atoms with E-state index in [1.165, 1.54) is 0 Å². The highest BCUT2D eigenvalue weighted by Gasteiger charge is 1.93. The molecule has 0 spiro atoms. The molecule has 0 fully saturated rings. The van der Waals surface area contributed by atoms with E-state index in [1.54, 1.807) is 0 Å². The Kier molecular flexibility index (Phi) is 8.17. The molecule has 0 saturated carbocycles. The molecular formula is C7H13NO5. The normalized spacial score (nSPS) is 9.54. The van der Waals surface area contributed by atoms with Crippen molar-refractivity contribution in [3.8, 4) is 0 Å². The Labute approximate surface area is 75.9 Å². The van der Waals surface area contributed by atoms with Crippen LogP contribution in [0.1, 0.15) is 0 Å². The average Bonchev–Trinajstić information content (AvgIpc) is 2.09. The van der Waals surface area contributed by atoms with Crippen molar-refractivity contribution in [2.75, 3.05) is 33.0 Å². The van der Waals surface area contributed by atoms with E-state index in [0.717, 1.165) is 0 Å². The van der Waals surface area contributed by atoms with E-state index in [-0.39, 0.29) is 19.8 Å². The molecule has 0 rings (SSSR count). The topological polar surface area (TPSA) is 87.9 Å². The van der Waals surface area contributed by atoms with Gasteiger partial charge in [0.2, 0.25) is 0 Å². The van der Waals surface area contributed by atoms with Crippen molar-refractivity contribution >= 4 is 12.4 Å². The summed E-state index contributed by atoms with van der Waals surface area (Å²) in [5.74, 6) is 0. The van der Waals surface area contributed by atoms with E-state index in [9.17, 15) is 9.59 Å². The van der Waals surface area contributed by atoms with Crippen molar-refractivity contribution < 1.29 is 23.8 Å². The molecule has 2 N–H and O–H groups in total. The van der Waals surface area contributed by atoms with Crippen LogP contribution in [0.5, 0.6) is 0 Å². The number of aldehydes is 1. The second-order valence-electron chi connectivity index (χ2n) is 2.02. The first-order chi connectivity index (χ1) is 6.27. The molecule has 0 aromatic carbocycles. The summed E-state index contributed by atoms with van der Waals surface area (Å²) >= 11 is 0. The number of ether oxygens (including phenoxy) is 3. The highest BCUT2D eigenvalue weighted by molar-refractivity contribution is 5.64. The predicted octanol–water partition coefficient (Wildman–Crippen LogP) is -0.686. The van der Waals surface area contributed by atoms with Crippen LogP contribution in [0.15, 0.2) is 0 Å². The average molecular weight is 191 g/mol. The van der Waals surface area contributed by atoms with Crippen LogP contribution in [0.2, 0.25) is 0 Å². The van der Waals surface area contributed by atoms with E-state index < -0.39 is 6.09 Å². The van der Waals surface area contributed by atoms with Crippen LogP contribution in [0.25, 0.3) is 0 Å². The number of hydrogen-bond acceptors (Lipinski definition) is 5. The SMILES string of the molecule is NC(=O)OCCOCCOCC=O. The van der Waals surface area contributed by atoms with Crippen LogP contribution in [0.4, 0.5) is 4.79 Å². The Morgan fingerprint density at radius 1 is 1.15 bits per heavy atom. The summed E-state index contributed by atoms with van der Waals surface area (Å²) in [6.07, 6.45) is -0.156. The molecular weight excluding hydrogens is 178 g/mol. The van der Waals surface area contributed by atoms with E-state index in [1.807, 2.05) is 0 Å². The Morgan fingerprint density at radius 2 is 1.77 bits per heavy atom. The first kappa shape index (κ1) is 11.9. The highest BCUT2D eigenvalue weighted by atomic mass is 16.6. The van der Waals surface area contributed by atoms with Gasteiger partial charge in [0, 0.05) is 0 Å². The van der Waals surface area contributed by atoms with Crippen molar-refractivity contribution in [2.45, 2.75) is 0 Å². The van der Waals surface area contributed by atoms with Gasteiger partial charge in [0.1, 0.15) is 19.5 Å². The van der Waals surface area contributed by atoms with Gasteiger partial charge in [-0.25, -0.2) is 4.79 Å². The number of hydrogen-bond donors (Lipinski definition) is 1. The molecule has 0 unspecified atom stereocenters. The largest absolute Gasteiger partial charge is 0.447 e. The summed E-state index contributed by atoms with van der Waals surface area (Å²) in [5.41, 5.74) is 4.69. The van der Waals surface area contributed by atoms with Gasteiger partial charge in [0.25, 0.3) is 0 Å². The molecule has 13 heavy (non-hydrogen) atoms. The molecule has 0 aliphatic heterocycles. The maximum absolute atomic E-state index is 10.1. The quantitative estimate of drug-likeness (QED) is 0.405. The third-order valence-electron chi connectivity index (χ3n) is 1.03. The van der Waals surface area contributed by atoms with Crippen LogP contribution in [-0.4, -0.2) is 45.4 Å². The molecule has 0 aromatic rings. The summed E-state index contributed by atoms with van der Waals surface area (Å²) in [7, 11) is 0. The third kappa shape index (κ3) is 10.9. The fourth-order valence-electron chi connectivity index (χ4n) is 0.553. The van der Waals surface area contributed by atoms with Crippen LogP contribution in [-0.2, 0) is 19.0 Å². The molecule has 6 nitrogen and oxygen atoms in total. The highest BCUT2D eigenvalue weighted by Crippen LogP contribution is 1.79. The standard InChI is InChI=1S/C7H13NO5/c8-7(10)13-6-5-12-4-3-11-2-1-9/h1H,2-6H2,(H2,8,10).